The van der Waals surface area contributed by atoms with Gasteiger partial charge in [-0.3, -0.25) is 9.59 Å². The Bertz CT molecular complexity index is 623. The van der Waals surface area contributed by atoms with Crippen molar-refractivity contribution in [2.75, 3.05) is 59.2 Å². The van der Waals surface area contributed by atoms with Crippen LogP contribution in [0.25, 0.3) is 0 Å². The molecule has 1 atom stereocenters. The number of anilines is 1. The highest BCUT2D eigenvalue weighted by molar-refractivity contribution is 5.99. The molecule has 1 aromatic rings. The van der Waals surface area contributed by atoms with Crippen LogP contribution in [0.2, 0.25) is 0 Å². The second-order valence-corrected chi connectivity index (χ2v) is 6.46. The average molecular weight is 421 g/mol. The van der Waals surface area contributed by atoms with Gasteiger partial charge in [0.05, 0.1) is 12.8 Å². The highest BCUT2D eigenvalue weighted by atomic mass is 35.5. The van der Waals surface area contributed by atoms with Gasteiger partial charge in [-0.1, -0.05) is 6.92 Å². The summed E-state index contributed by atoms with van der Waals surface area (Å²) in [7, 11) is 5.40. The van der Waals surface area contributed by atoms with E-state index in [9.17, 15) is 9.59 Å². The first-order valence-corrected chi connectivity index (χ1v) is 8.57. The van der Waals surface area contributed by atoms with Crippen LogP contribution < -0.4 is 15.4 Å². The van der Waals surface area contributed by atoms with Crippen LogP contribution in [0, 0.1) is 5.92 Å². The molecule has 9 heteroatoms. The van der Waals surface area contributed by atoms with E-state index in [1.165, 1.54) is 0 Å². The Kier molecular flexibility index (Phi) is 11.3. The van der Waals surface area contributed by atoms with Gasteiger partial charge in [0.15, 0.2) is 0 Å². The van der Waals surface area contributed by atoms with E-state index < -0.39 is 0 Å². The molecular weight excluding hydrogens is 391 g/mol. The van der Waals surface area contributed by atoms with E-state index in [-0.39, 0.29) is 42.5 Å². The molecule has 1 unspecified atom stereocenters. The predicted octanol–water partition coefficient (Wildman–Crippen LogP) is 1.72. The topological polar surface area (TPSA) is 73.9 Å². The molecule has 0 spiro atoms. The van der Waals surface area contributed by atoms with Gasteiger partial charge in [-0.2, -0.15) is 0 Å². The maximum atomic E-state index is 12.7. The molecule has 1 aromatic carbocycles. The van der Waals surface area contributed by atoms with Gasteiger partial charge in [0.25, 0.3) is 5.91 Å². The Balaban J connectivity index is 0.00000338. The lowest BCUT2D eigenvalue weighted by Crippen LogP contribution is -2.47. The SMILES string of the molecule is CNCC(C)C(=O)Nc1cc(C(=O)N2CCN(C)CC2)ccc1OC.Cl.Cl. The van der Waals surface area contributed by atoms with E-state index in [1.807, 2.05) is 11.8 Å². The lowest BCUT2D eigenvalue weighted by atomic mass is 10.1. The Labute approximate surface area is 173 Å². The van der Waals surface area contributed by atoms with Crippen molar-refractivity contribution in [1.29, 1.82) is 0 Å². The number of rotatable bonds is 6. The number of hydrogen-bond donors (Lipinski definition) is 2. The van der Waals surface area contributed by atoms with Gasteiger partial charge in [0.1, 0.15) is 5.75 Å². The molecule has 0 saturated carbocycles. The number of carbonyl (C=O) groups is 2. The first kappa shape index (κ1) is 25.5. The summed E-state index contributed by atoms with van der Waals surface area (Å²) in [5.41, 5.74) is 1.08. The molecular formula is C18H30Cl2N4O3. The largest absolute Gasteiger partial charge is 0.495 e. The van der Waals surface area contributed by atoms with Gasteiger partial charge in [0.2, 0.25) is 5.91 Å². The minimum absolute atomic E-state index is 0. The Hall–Kier alpha value is -1.54. The highest BCUT2D eigenvalue weighted by Gasteiger charge is 2.22. The molecule has 154 valence electrons. The van der Waals surface area contributed by atoms with Crippen molar-refractivity contribution in [1.82, 2.24) is 15.1 Å². The fraction of sp³-hybridized carbons (Fsp3) is 0.556. The molecule has 2 N–H and O–H groups in total. The number of benzene rings is 1. The van der Waals surface area contributed by atoms with Gasteiger partial charge in [-0.15, -0.1) is 24.8 Å². The average Bonchev–Trinajstić information content (AvgIpc) is 2.62. The summed E-state index contributed by atoms with van der Waals surface area (Å²) in [6, 6.07) is 5.16. The third kappa shape index (κ3) is 6.84. The van der Waals surface area contributed by atoms with Crippen LogP contribution in [0.5, 0.6) is 5.75 Å². The minimum Gasteiger partial charge on any atom is -0.495 e. The van der Waals surface area contributed by atoms with Crippen LogP contribution in [-0.4, -0.2) is 75.5 Å². The Morgan fingerprint density at radius 1 is 1.19 bits per heavy atom. The molecule has 2 rings (SSSR count). The monoisotopic (exact) mass is 420 g/mol. The van der Waals surface area contributed by atoms with Gasteiger partial charge in [0, 0.05) is 44.2 Å². The molecule has 1 heterocycles. The first-order valence-electron chi connectivity index (χ1n) is 8.57. The summed E-state index contributed by atoms with van der Waals surface area (Å²) in [6.07, 6.45) is 0. The lowest BCUT2D eigenvalue weighted by molar-refractivity contribution is -0.119. The summed E-state index contributed by atoms with van der Waals surface area (Å²) in [5, 5.41) is 5.85. The number of amides is 2. The molecule has 7 nitrogen and oxygen atoms in total. The molecule has 0 aliphatic carbocycles. The van der Waals surface area contributed by atoms with Crippen molar-refractivity contribution in [3.8, 4) is 5.75 Å². The molecule has 1 fully saturated rings. The number of hydrogen-bond acceptors (Lipinski definition) is 5. The fourth-order valence-electron chi connectivity index (χ4n) is 2.79. The van der Waals surface area contributed by atoms with Crippen molar-refractivity contribution >= 4 is 42.3 Å². The predicted molar refractivity (Wildman–Crippen MR) is 113 cm³/mol. The van der Waals surface area contributed by atoms with Crippen LogP contribution in [0.15, 0.2) is 18.2 Å². The molecule has 1 aliphatic heterocycles. The molecule has 2 amide bonds. The quantitative estimate of drug-likeness (QED) is 0.732. The second kappa shape index (κ2) is 12.0. The molecule has 0 bridgehead atoms. The lowest BCUT2D eigenvalue weighted by Gasteiger charge is -2.32. The number of carbonyl (C=O) groups excluding carboxylic acids is 2. The van der Waals surface area contributed by atoms with Crippen LogP contribution in [0.3, 0.4) is 0 Å². The molecule has 1 aliphatic rings. The maximum absolute atomic E-state index is 12.7. The van der Waals surface area contributed by atoms with Gasteiger partial charge >= 0.3 is 0 Å². The maximum Gasteiger partial charge on any atom is 0.254 e. The summed E-state index contributed by atoms with van der Waals surface area (Å²) in [4.78, 5) is 29.1. The van der Waals surface area contributed by atoms with Gasteiger partial charge in [-0.25, -0.2) is 0 Å². The Morgan fingerprint density at radius 2 is 1.81 bits per heavy atom. The van der Waals surface area contributed by atoms with Gasteiger partial charge in [-0.05, 0) is 32.3 Å². The van der Waals surface area contributed by atoms with Crippen LogP contribution in [-0.2, 0) is 4.79 Å². The minimum atomic E-state index is -0.188. The number of nitrogens with zero attached hydrogens (tertiary/aromatic N) is 2. The van der Waals surface area contributed by atoms with Crippen molar-refractivity contribution in [3.63, 3.8) is 0 Å². The van der Waals surface area contributed by atoms with Crippen molar-refractivity contribution in [3.05, 3.63) is 23.8 Å². The molecule has 0 aromatic heterocycles. The van der Waals surface area contributed by atoms with E-state index in [0.29, 0.717) is 36.6 Å². The number of methoxy groups -OCH3 is 1. The summed E-state index contributed by atoms with van der Waals surface area (Å²) < 4.78 is 5.32. The van der Waals surface area contributed by atoms with E-state index in [0.717, 1.165) is 13.1 Å². The molecule has 0 radical (unpaired) electrons. The number of ether oxygens (including phenoxy) is 1. The third-order valence-electron chi connectivity index (χ3n) is 4.45. The summed E-state index contributed by atoms with van der Waals surface area (Å²) in [6.45, 7) is 5.58. The summed E-state index contributed by atoms with van der Waals surface area (Å²) in [5.74, 6) is 0.220. The molecule has 27 heavy (non-hydrogen) atoms. The number of piperazine rings is 1. The zero-order valence-electron chi connectivity index (χ0n) is 16.3. The second-order valence-electron chi connectivity index (χ2n) is 6.46. The van der Waals surface area contributed by atoms with E-state index in [4.69, 9.17) is 4.74 Å². The standard InChI is InChI=1S/C18H28N4O3.2ClH/c1-13(12-19-2)17(23)20-15-11-14(5-6-16(15)25-4)18(24)22-9-7-21(3)8-10-22;;/h5-6,11,13,19H,7-10,12H2,1-4H3,(H,20,23);2*1H. The highest BCUT2D eigenvalue weighted by Crippen LogP contribution is 2.27. The normalized spacial score (nSPS) is 15.2. The number of halogens is 2. The number of likely N-dealkylation sites (N-methyl/N-ethyl adjacent to an activating group) is 1. The fourth-order valence-corrected chi connectivity index (χ4v) is 2.79. The smallest absolute Gasteiger partial charge is 0.254 e. The molecule has 1 saturated heterocycles. The van der Waals surface area contributed by atoms with E-state index >= 15 is 0 Å². The first-order chi connectivity index (χ1) is 12.0. The third-order valence-corrected chi connectivity index (χ3v) is 4.45. The van der Waals surface area contributed by atoms with E-state index in [2.05, 4.69) is 22.6 Å². The number of nitrogens with one attached hydrogen (secondary N) is 2. The van der Waals surface area contributed by atoms with Crippen molar-refractivity contribution in [2.45, 2.75) is 6.92 Å². The van der Waals surface area contributed by atoms with Gasteiger partial charge < -0.3 is 25.2 Å². The van der Waals surface area contributed by atoms with Crippen molar-refractivity contribution in [2.24, 2.45) is 5.92 Å². The Morgan fingerprint density at radius 3 is 2.37 bits per heavy atom. The van der Waals surface area contributed by atoms with Crippen LogP contribution >= 0.6 is 24.8 Å². The van der Waals surface area contributed by atoms with E-state index in [1.54, 1.807) is 32.4 Å². The van der Waals surface area contributed by atoms with Crippen LogP contribution in [0.4, 0.5) is 5.69 Å². The zero-order valence-corrected chi connectivity index (χ0v) is 17.9. The van der Waals surface area contributed by atoms with Crippen LogP contribution in [0.1, 0.15) is 17.3 Å². The zero-order chi connectivity index (χ0) is 18.4. The van der Waals surface area contributed by atoms with Crippen molar-refractivity contribution < 1.29 is 14.3 Å². The summed E-state index contributed by atoms with van der Waals surface area (Å²) >= 11 is 0.